The highest BCUT2D eigenvalue weighted by atomic mass is 16.5. The van der Waals surface area contributed by atoms with Crippen molar-refractivity contribution in [1.29, 1.82) is 0 Å². The topological polar surface area (TPSA) is 73.6 Å². The van der Waals surface area contributed by atoms with Crippen LogP contribution in [0.15, 0.2) is 18.2 Å². The molecule has 0 aliphatic carbocycles. The highest BCUT2D eigenvalue weighted by Gasteiger charge is 2.11. The molecule has 5 nitrogen and oxygen atoms in total. The molecule has 0 bridgehead atoms. The fraction of sp³-hybridized carbons (Fsp3) is 0.417. The van der Waals surface area contributed by atoms with Gasteiger partial charge in [0, 0.05) is 31.1 Å². The maximum absolute atomic E-state index is 11.4. The molecule has 0 radical (unpaired) electrons. The molecule has 0 aromatic heterocycles. The highest BCUT2D eigenvalue weighted by molar-refractivity contribution is 5.91. The van der Waals surface area contributed by atoms with Crippen LogP contribution in [0.4, 0.5) is 5.69 Å². The third-order valence-electron chi connectivity index (χ3n) is 2.40. The number of hydrogen-bond donors (Lipinski definition) is 2. The van der Waals surface area contributed by atoms with Crippen molar-refractivity contribution in [1.82, 2.24) is 0 Å². The molecule has 1 heterocycles. The van der Waals surface area contributed by atoms with Crippen molar-refractivity contribution < 1.29 is 14.3 Å². The van der Waals surface area contributed by atoms with Gasteiger partial charge in [-0.05, 0) is 12.1 Å². The number of amides is 1. The average molecular weight is 236 g/mol. The molecular formula is C12H16N2O3. The standard InChI is InChI=1S/C12H16N2O3/c13-5-4-12(15)14-9-2-3-10-11(8-9)17-7-1-6-16-10/h2-3,8H,1,4-7,13H2,(H,14,15). The second-order valence-electron chi connectivity index (χ2n) is 3.80. The molecule has 17 heavy (non-hydrogen) atoms. The Labute approximate surface area is 99.9 Å². The van der Waals surface area contributed by atoms with E-state index in [-0.39, 0.29) is 5.91 Å². The molecule has 1 aromatic carbocycles. The van der Waals surface area contributed by atoms with Crippen LogP contribution in [0.25, 0.3) is 0 Å². The van der Waals surface area contributed by atoms with Gasteiger partial charge in [0.1, 0.15) is 0 Å². The quantitative estimate of drug-likeness (QED) is 0.825. The van der Waals surface area contributed by atoms with Crippen LogP contribution in [0.1, 0.15) is 12.8 Å². The minimum atomic E-state index is -0.0954. The Balaban J connectivity index is 2.09. The summed E-state index contributed by atoms with van der Waals surface area (Å²) < 4.78 is 11.0. The van der Waals surface area contributed by atoms with E-state index < -0.39 is 0 Å². The summed E-state index contributed by atoms with van der Waals surface area (Å²) in [6.45, 7) is 1.63. The smallest absolute Gasteiger partial charge is 0.225 e. The second-order valence-corrected chi connectivity index (χ2v) is 3.80. The average Bonchev–Trinajstić information content (AvgIpc) is 2.53. The molecule has 5 heteroatoms. The van der Waals surface area contributed by atoms with Crippen LogP contribution in [0.5, 0.6) is 11.5 Å². The van der Waals surface area contributed by atoms with Gasteiger partial charge in [0.25, 0.3) is 0 Å². The molecule has 0 atom stereocenters. The van der Waals surface area contributed by atoms with E-state index in [1.807, 2.05) is 0 Å². The van der Waals surface area contributed by atoms with E-state index in [1.165, 1.54) is 0 Å². The number of anilines is 1. The predicted octanol–water partition coefficient (Wildman–Crippen LogP) is 1.14. The fourth-order valence-electron chi connectivity index (χ4n) is 1.60. The van der Waals surface area contributed by atoms with Crippen molar-refractivity contribution in [2.45, 2.75) is 12.8 Å². The van der Waals surface area contributed by atoms with E-state index in [1.54, 1.807) is 18.2 Å². The molecule has 0 spiro atoms. The van der Waals surface area contributed by atoms with E-state index in [9.17, 15) is 4.79 Å². The highest BCUT2D eigenvalue weighted by Crippen LogP contribution is 2.32. The summed E-state index contributed by atoms with van der Waals surface area (Å²) in [5, 5.41) is 2.76. The number of rotatable bonds is 3. The monoisotopic (exact) mass is 236 g/mol. The summed E-state index contributed by atoms with van der Waals surface area (Å²) in [6.07, 6.45) is 1.18. The van der Waals surface area contributed by atoms with E-state index in [0.29, 0.717) is 37.6 Å². The SMILES string of the molecule is NCCC(=O)Nc1ccc2c(c1)OCCCO2. The van der Waals surface area contributed by atoms with Crippen molar-refractivity contribution in [2.24, 2.45) is 5.73 Å². The summed E-state index contributed by atoms with van der Waals surface area (Å²) >= 11 is 0. The zero-order valence-corrected chi connectivity index (χ0v) is 9.57. The Morgan fingerprint density at radius 3 is 2.82 bits per heavy atom. The fourth-order valence-corrected chi connectivity index (χ4v) is 1.60. The molecule has 1 aliphatic heterocycles. The summed E-state index contributed by atoms with van der Waals surface area (Å²) in [5.41, 5.74) is 6.01. The molecule has 0 saturated heterocycles. The zero-order valence-electron chi connectivity index (χ0n) is 9.57. The minimum absolute atomic E-state index is 0.0954. The third-order valence-corrected chi connectivity index (χ3v) is 2.40. The number of carbonyl (C=O) groups excluding carboxylic acids is 1. The minimum Gasteiger partial charge on any atom is -0.490 e. The lowest BCUT2D eigenvalue weighted by Gasteiger charge is -2.10. The maximum atomic E-state index is 11.4. The zero-order chi connectivity index (χ0) is 12.1. The van der Waals surface area contributed by atoms with Gasteiger partial charge in [-0.1, -0.05) is 0 Å². The van der Waals surface area contributed by atoms with Gasteiger partial charge < -0.3 is 20.5 Å². The lowest BCUT2D eigenvalue weighted by atomic mass is 10.2. The summed E-state index contributed by atoms with van der Waals surface area (Å²) in [7, 11) is 0. The summed E-state index contributed by atoms with van der Waals surface area (Å²) in [4.78, 5) is 11.4. The molecule has 1 amide bonds. The first-order chi connectivity index (χ1) is 8.29. The molecular weight excluding hydrogens is 220 g/mol. The summed E-state index contributed by atoms with van der Waals surface area (Å²) in [6, 6.07) is 5.37. The Morgan fingerprint density at radius 2 is 2.06 bits per heavy atom. The Bertz CT molecular complexity index is 407. The van der Waals surface area contributed by atoms with Gasteiger partial charge in [0.05, 0.1) is 13.2 Å². The van der Waals surface area contributed by atoms with Gasteiger partial charge >= 0.3 is 0 Å². The molecule has 1 aliphatic rings. The molecule has 1 aromatic rings. The Morgan fingerprint density at radius 1 is 1.29 bits per heavy atom. The van der Waals surface area contributed by atoms with E-state index in [0.717, 1.165) is 12.2 Å². The maximum Gasteiger partial charge on any atom is 0.225 e. The summed E-state index contributed by atoms with van der Waals surface area (Å²) in [5.74, 6) is 1.30. The molecule has 0 unspecified atom stereocenters. The van der Waals surface area contributed by atoms with Crippen molar-refractivity contribution in [3.63, 3.8) is 0 Å². The van der Waals surface area contributed by atoms with Gasteiger partial charge in [-0.3, -0.25) is 4.79 Å². The number of ether oxygens (including phenoxy) is 2. The normalized spacial score (nSPS) is 13.9. The Hall–Kier alpha value is -1.75. The molecule has 2 rings (SSSR count). The number of nitrogens with one attached hydrogen (secondary N) is 1. The van der Waals surface area contributed by atoms with Crippen LogP contribution in [-0.2, 0) is 4.79 Å². The van der Waals surface area contributed by atoms with Gasteiger partial charge in [-0.15, -0.1) is 0 Å². The van der Waals surface area contributed by atoms with Crippen molar-refractivity contribution in [2.75, 3.05) is 25.1 Å². The van der Waals surface area contributed by atoms with Crippen molar-refractivity contribution >= 4 is 11.6 Å². The van der Waals surface area contributed by atoms with E-state index in [4.69, 9.17) is 15.2 Å². The number of hydrogen-bond acceptors (Lipinski definition) is 4. The van der Waals surface area contributed by atoms with Gasteiger partial charge in [-0.2, -0.15) is 0 Å². The van der Waals surface area contributed by atoms with Crippen LogP contribution >= 0.6 is 0 Å². The first kappa shape index (κ1) is 11.7. The molecule has 92 valence electrons. The first-order valence-electron chi connectivity index (χ1n) is 5.69. The first-order valence-corrected chi connectivity index (χ1v) is 5.69. The van der Waals surface area contributed by atoms with Crippen molar-refractivity contribution in [3.05, 3.63) is 18.2 Å². The van der Waals surface area contributed by atoms with Crippen LogP contribution in [-0.4, -0.2) is 25.7 Å². The lowest BCUT2D eigenvalue weighted by molar-refractivity contribution is -0.116. The third kappa shape index (κ3) is 3.10. The van der Waals surface area contributed by atoms with E-state index >= 15 is 0 Å². The van der Waals surface area contributed by atoms with Crippen LogP contribution in [0.2, 0.25) is 0 Å². The van der Waals surface area contributed by atoms with Crippen LogP contribution < -0.4 is 20.5 Å². The lowest BCUT2D eigenvalue weighted by Crippen LogP contribution is -2.16. The largest absolute Gasteiger partial charge is 0.490 e. The number of benzene rings is 1. The van der Waals surface area contributed by atoms with Gasteiger partial charge in [0.15, 0.2) is 11.5 Å². The van der Waals surface area contributed by atoms with Gasteiger partial charge in [-0.25, -0.2) is 0 Å². The van der Waals surface area contributed by atoms with Crippen LogP contribution in [0.3, 0.4) is 0 Å². The Kier molecular flexibility index (Phi) is 3.82. The van der Waals surface area contributed by atoms with Crippen LogP contribution in [0, 0.1) is 0 Å². The van der Waals surface area contributed by atoms with E-state index in [2.05, 4.69) is 5.32 Å². The molecule has 0 fully saturated rings. The molecule has 3 N–H and O–H groups in total. The number of carbonyl (C=O) groups is 1. The van der Waals surface area contributed by atoms with Gasteiger partial charge in [0.2, 0.25) is 5.91 Å². The number of nitrogens with two attached hydrogens (primary N) is 1. The second kappa shape index (κ2) is 5.54. The molecule has 0 saturated carbocycles. The number of fused-ring (bicyclic) bond motifs is 1. The predicted molar refractivity (Wildman–Crippen MR) is 64.4 cm³/mol. The van der Waals surface area contributed by atoms with Crippen molar-refractivity contribution in [3.8, 4) is 11.5 Å².